The van der Waals surface area contributed by atoms with Gasteiger partial charge in [0.1, 0.15) is 5.54 Å². The molecule has 1 fully saturated rings. The van der Waals surface area contributed by atoms with Crippen molar-refractivity contribution in [3.8, 4) is 0 Å². The Bertz CT molecular complexity index is 990. The highest BCUT2D eigenvalue weighted by Crippen LogP contribution is 2.33. The van der Waals surface area contributed by atoms with Crippen LogP contribution in [0.5, 0.6) is 0 Å². The highest BCUT2D eigenvalue weighted by molar-refractivity contribution is 6.32. The lowest BCUT2D eigenvalue weighted by Gasteiger charge is -2.23. The molecule has 8 heteroatoms. The minimum absolute atomic E-state index is 0.137. The number of imide groups is 1. The predicted octanol–water partition coefficient (Wildman–Crippen LogP) is 3.34. The molecule has 1 atom stereocenters. The minimum Gasteiger partial charge on any atom is -0.326 e. The summed E-state index contributed by atoms with van der Waals surface area (Å²) in [5.74, 6) is -1.08. The third-order valence-corrected chi connectivity index (χ3v) is 5.13. The summed E-state index contributed by atoms with van der Waals surface area (Å²) in [6, 6.07) is 12.4. The summed E-state index contributed by atoms with van der Waals surface area (Å²) in [7, 11) is 0. The van der Waals surface area contributed by atoms with Crippen LogP contribution in [0.2, 0.25) is 5.02 Å². The molecule has 0 aliphatic carbocycles. The van der Waals surface area contributed by atoms with Crippen molar-refractivity contribution < 1.29 is 19.2 Å². The number of hydrogen-bond donors (Lipinski definition) is 2. The number of nitrogens with one attached hydrogen (secondary N) is 2. The first-order valence-electron chi connectivity index (χ1n) is 9.08. The van der Waals surface area contributed by atoms with Gasteiger partial charge in [-0.05, 0) is 37.3 Å². The number of amides is 4. The van der Waals surface area contributed by atoms with Crippen LogP contribution in [0.3, 0.4) is 0 Å². The molecule has 0 radical (unpaired) electrons. The molecule has 2 N–H and O–H groups in total. The van der Waals surface area contributed by atoms with E-state index in [1.807, 2.05) is 0 Å². The van der Waals surface area contributed by atoms with Crippen molar-refractivity contribution in [3.05, 3.63) is 64.7 Å². The summed E-state index contributed by atoms with van der Waals surface area (Å²) in [6.45, 7) is 2.90. The Hall–Kier alpha value is -3.19. The number of benzene rings is 2. The number of rotatable bonds is 6. The van der Waals surface area contributed by atoms with Gasteiger partial charge in [0.25, 0.3) is 5.91 Å². The molecular weight excluding hydrogens is 394 g/mol. The molecule has 7 nitrogen and oxygen atoms in total. The van der Waals surface area contributed by atoms with Gasteiger partial charge < -0.3 is 10.6 Å². The highest BCUT2D eigenvalue weighted by atomic mass is 35.5. The van der Waals surface area contributed by atoms with Crippen molar-refractivity contribution in [3.63, 3.8) is 0 Å². The quantitative estimate of drug-likeness (QED) is 0.560. The lowest BCUT2D eigenvalue weighted by molar-refractivity contribution is -0.130. The van der Waals surface area contributed by atoms with Gasteiger partial charge in [-0.15, -0.1) is 0 Å². The van der Waals surface area contributed by atoms with E-state index < -0.39 is 29.8 Å². The average Bonchev–Trinajstić information content (AvgIpc) is 2.92. The van der Waals surface area contributed by atoms with Crippen LogP contribution in [0.15, 0.2) is 48.5 Å². The lowest BCUT2D eigenvalue weighted by atomic mass is 9.92. The van der Waals surface area contributed by atoms with Gasteiger partial charge in [-0.25, -0.2) is 4.79 Å². The van der Waals surface area contributed by atoms with E-state index in [1.54, 1.807) is 62.4 Å². The van der Waals surface area contributed by atoms with Crippen molar-refractivity contribution in [1.82, 2.24) is 10.2 Å². The first kappa shape index (κ1) is 20.5. The largest absolute Gasteiger partial charge is 0.326 e. The van der Waals surface area contributed by atoms with Gasteiger partial charge in [-0.2, -0.15) is 0 Å². The first-order chi connectivity index (χ1) is 13.8. The summed E-state index contributed by atoms with van der Waals surface area (Å²) in [6.07, 6.45) is 0.344. The summed E-state index contributed by atoms with van der Waals surface area (Å²) in [4.78, 5) is 50.3. The van der Waals surface area contributed by atoms with E-state index in [2.05, 4.69) is 10.6 Å². The Labute approximate surface area is 173 Å². The molecule has 3 rings (SSSR count). The van der Waals surface area contributed by atoms with Crippen LogP contribution >= 0.6 is 11.6 Å². The molecule has 2 aromatic rings. The van der Waals surface area contributed by atoms with Crippen LogP contribution in [0.4, 0.5) is 10.5 Å². The molecular formula is C21H20ClN3O4. The number of anilines is 1. The molecule has 1 aliphatic rings. The van der Waals surface area contributed by atoms with Crippen molar-refractivity contribution >= 4 is 40.9 Å². The van der Waals surface area contributed by atoms with Gasteiger partial charge in [0, 0.05) is 28.3 Å². The summed E-state index contributed by atoms with van der Waals surface area (Å²) in [5.41, 5.74) is 0.0106. The number of urea groups is 1. The van der Waals surface area contributed by atoms with E-state index in [-0.39, 0.29) is 5.91 Å². The van der Waals surface area contributed by atoms with Crippen molar-refractivity contribution in [2.75, 3.05) is 11.9 Å². The highest BCUT2D eigenvalue weighted by Gasteiger charge is 2.50. The standard InChI is InChI=1S/C21H20ClN3O4/c1-3-18(27)23-14-10-8-13(9-11-14)17(26)12-25-19(28)21(2,24-20(25)29)15-6-4-5-7-16(15)22/h4-11H,3,12H2,1-2H3,(H,23,27)(H,24,29)/t21-/m1/s1. The average molecular weight is 414 g/mol. The maximum absolute atomic E-state index is 12.9. The Morgan fingerprint density at radius 1 is 1.10 bits per heavy atom. The van der Waals surface area contributed by atoms with Crippen LogP contribution in [0.1, 0.15) is 36.2 Å². The van der Waals surface area contributed by atoms with Gasteiger partial charge >= 0.3 is 6.03 Å². The molecule has 2 aromatic carbocycles. The van der Waals surface area contributed by atoms with E-state index in [1.165, 1.54) is 0 Å². The van der Waals surface area contributed by atoms with Gasteiger partial charge in [-0.3, -0.25) is 19.3 Å². The van der Waals surface area contributed by atoms with Crippen molar-refractivity contribution in [2.24, 2.45) is 0 Å². The van der Waals surface area contributed by atoms with E-state index in [9.17, 15) is 19.2 Å². The molecule has 1 aliphatic heterocycles. The fourth-order valence-electron chi connectivity index (χ4n) is 3.11. The predicted molar refractivity (Wildman–Crippen MR) is 109 cm³/mol. The molecule has 150 valence electrons. The fraction of sp³-hybridized carbons (Fsp3) is 0.238. The zero-order chi connectivity index (χ0) is 21.2. The second kappa shape index (κ2) is 8.05. The van der Waals surface area contributed by atoms with Crippen molar-refractivity contribution in [2.45, 2.75) is 25.8 Å². The number of nitrogens with zero attached hydrogens (tertiary/aromatic N) is 1. The number of Topliss-reactive ketones (excluding diaryl/α,β-unsaturated/α-hetero) is 1. The van der Waals surface area contributed by atoms with E-state index >= 15 is 0 Å². The zero-order valence-electron chi connectivity index (χ0n) is 16.0. The molecule has 0 bridgehead atoms. The molecule has 1 saturated heterocycles. The SMILES string of the molecule is CCC(=O)Nc1ccc(C(=O)CN2C(=O)N[C@](C)(c3ccccc3Cl)C2=O)cc1. The Kier molecular flexibility index (Phi) is 5.70. The van der Waals surface area contributed by atoms with E-state index in [0.29, 0.717) is 28.3 Å². The summed E-state index contributed by atoms with van der Waals surface area (Å²) >= 11 is 6.20. The molecule has 1 heterocycles. The van der Waals surface area contributed by atoms with Gasteiger partial charge in [0.15, 0.2) is 5.78 Å². The van der Waals surface area contributed by atoms with Crippen LogP contribution in [0, 0.1) is 0 Å². The lowest BCUT2D eigenvalue weighted by Crippen LogP contribution is -2.41. The Balaban J connectivity index is 1.75. The monoisotopic (exact) mass is 413 g/mol. The molecule has 0 unspecified atom stereocenters. The number of halogens is 1. The normalized spacial score (nSPS) is 18.5. The Morgan fingerprint density at radius 2 is 1.76 bits per heavy atom. The number of hydrogen-bond acceptors (Lipinski definition) is 4. The van der Waals surface area contributed by atoms with Gasteiger partial charge in [0.05, 0.1) is 6.54 Å². The maximum Gasteiger partial charge on any atom is 0.325 e. The molecule has 0 spiro atoms. The second-order valence-electron chi connectivity index (χ2n) is 6.83. The van der Waals surface area contributed by atoms with Crippen LogP contribution < -0.4 is 10.6 Å². The molecule has 0 aromatic heterocycles. The third-order valence-electron chi connectivity index (χ3n) is 4.80. The smallest absolute Gasteiger partial charge is 0.325 e. The summed E-state index contributed by atoms with van der Waals surface area (Å²) in [5, 5.41) is 5.67. The molecule has 4 amide bonds. The van der Waals surface area contributed by atoms with E-state index in [4.69, 9.17) is 11.6 Å². The van der Waals surface area contributed by atoms with Crippen LogP contribution in [-0.4, -0.2) is 35.1 Å². The second-order valence-corrected chi connectivity index (χ2v) is 7.24. The topological polar surface area (TPSA) is 95.6 Å². The third kappa shape index (κ3) is 4.00. The fourth-order valence-corrected chi connectivity index (χ4v) is 3.44. The Morgan fingerprint density at radius 3 is 2.38 bits per heavy atom. The maximum atomic E-state index is 12.9. The molecule has 0 saturated carbocycles. The van der Waals surface area contributed by atoms with E-state index in [0.717, 1.165) is 4.90 Å². The zero-order valence-corrected chi connectivity index (χ0v) is 16.7. The number of carbonyl (C=O) groups is 4. The van der Waals surface area contributed by atoms with Gasteiger partial charge in [-0.1, -0.05) is 36.7 Å². The number of carbonyl (C=O) groups excluding carboxylic acids is 4. The van der Waals surface area contributed by atoms with Gasteiger partial charge in [0.2, 0.25) is 5.91 Å². The first-order valence-corrected chi connectivity index (χ1v) is 9.46. The van der Waals surface area contributed by atoms with Crippen LogP contribution in [0.25, 0.3) is 0 Å². The minimum atomic E-state index is -1.34. The number of ketones is 1. The van der Waals surface area contributed by atoms with Crippen molar-refractivity contribution in [1.29, 1.82) is 0 Å². The molecule has 29 heavy (non-hydrogen) atoms. The van der Waals surface area contributed by atoms with Crippen LogP contribution in [-0.2, 0) is 15.1 Å². The summed E-state index contributed by atoms with van der Waals surface area (Å²) < 4.78 is 0.